The molecule has 0 saturated carbocycles. The summed E-state index contributed by atoms with van der Waals surface area (Å²) >= 11 is 5.20. The topological polar surface area (TPSA) is 48.9 Å². The van der Waals surface area contributed by atoms with Crippen LogP contribution in [0.3, 0.4) is 0 Å². The number of thiocarbonyl (C=S) groups is 1. The molecule has 0 bridgehead atoms. The second-order valence-corrected chi connectivity index (χ2v) is 5.79. The number of hydrogen-bond donors (Lipinski definition) is 2. The maximum absolute atomic E-state index is 5.20. The Labute approximate surface area is 148 Å². The zero-order valence-electron chi connectivity index (χ0n) is 14.1. The van der Waals surface area contributed by atoms with Crippen molar-refractivity contribution in [3.63, 3.8) is 0 Å². The van der Waals surface area contributed by atoms with Gasteiger partial charge >= 0.3 is 0 Å². The zero-order chi connectivity index (χ0) is 17.4. The summed E-state index contributed by atoms with van der Waals surface area (Å²) in [6.07, 6.45) is 1.74. The third kappa shape index (κ3) is 5.55. The van der Waals surface area contributed by atoms with Gasteiger partial charge in [0, 0.05) is 26.3 Å². The molecule has 6 heteroatoms. The highest BCUT2D eigenvalue weighted by Gasteiger charge is 1.97. The summed E-state index contributed by atoms with van der Waals surface area (Å²) in [6, 6.07) is 15.9. The van der Waals surface area contributed by atoms with E-state index in [1.807, 2.05) is 62.6 Å². The van der Waals surface area contributed by atoms with E-state index >= 15 is 0 Å². The lowest BCUT2D eigenvalue weighted by Gasteiger charge is -2.11. The zero-order valence-corrected chi connectivity index (χ0v) is 14.9. The molecule has 2 rings (SSSR count). The minimum absolute atomic E-state index is 0.479. The van der Waals surface area contributed by atoms with Gasteiger partial charge in [0.05, 0.1) is 13.3 Å². The number of hydrazone groups is 1. The molecule has 24 heavy (non-hydrogen) atoms. The first-order chi connectivity index (χ1) is 11.6. The molecular formula is C18H22N4OS. The van der Waals surface area contributed by atoms with Crippen molar-refractivity contribution in [2.45, 2.75) is 6.54 Å². The third-order valence-electron chi connectivity index (χ3n) is 3.40. The van der Waals surface area contributed by atoms with Crippen molar-refractivity contribution < 1.29 is 4.74 Å². The average Bonchev–Trinajstić information content (AvgIpc) is 2.61. The Morgan fingerprint density at radius 2 is 1.79 bits per heavy atom. The summed E-state index contributed by atoms with van der Waals surface area (Å²) in [4.78, 5) is 2.05. The van der Waals surface area contributed by atoms with E-state index in [1.165, 1.54) is 0 Å². The lowest BCUT2D eigenvalue weighted by Crippen LogP contribution is -2.31. The van der Waals surface area contributed by atoms with Crippen molar-refractivity contribution >= 4 is 29.2 Å². The molecule has 2 aromatic rings. The Bertz CT molecular complexity index is 681. The third-order valence-corrected chi connectivity index (χ3v) is 3.64. The number of rotatable bonds is 6. The minimum atomic E-state index is 0.479. The predicted molar refractivity (Wildman–Crippen MR) is 104 cm³/mol. The van der Waals surface area contributed by atoms with Gasteiger partial charge < -0.3 is 15.0 Å². The average molecular weight is 342 g/mol. The maximum Gasteiger partial charge on any atom is 0.187 e. The first kappa shape index (κ1) is 17.7. The molecule has 0 aromatic heterocycles. The first-order valence-electron chi connectivity index (χ1n) is 7.55. The number of hydrogen-bond acceptors (Lipinski definition) is 4. The van der Waals surface area contributed by atoms with E-state index in [9.17, 15) is 0 Å². The van der Waals surface area contributed by atoms with E-state index in [0.717, 1.165) is 22.6 Å². The Kier molecular flexibility index (Phi) is 6.57. The van der Waals surface area contributed by atoms with Gasteiger partial charge in [-0.3, -0.25) is 5.43 Å². The van der Waals surface area contributed by atoms with Crippen molar-refractivity contribution in [1.29, 1.82) is 0 Å². The normalized spacial score (nSPS) is 10.5. The van der Waals surface area contributed by atoms with Gasteiger partial charge in [-0.1, -0.05) is 24.3 Å². The fraction of sp³-hybridized carbons (Fsp3) is 0.222. The van der Waals surface area contributed by atoms with Crippen LogP contribution in [-0.4, -0.2) is 32.5 Å². The quantitative estimate of drug-likeness (QED) is 0.480. The number of benzene rings is 2. The molecule has 0 heterocycles. The SMILES string of the molecule is COc1ccc(CNC(=S)N/N=C\c2ccc(N(C)C)cc2)cc1. The van der Waals surface area contributed by atoms with Crippen LogP contribution in [0, 0.1) is 0 Å². The highest BCUT2D eigenvalue weighted by molar-refractivity contribution is 7.80. The molecule has 5 nitrogen and oxygen atoms in total. The van der Waals surface area contributed by atoms with Crippen molar-refractivity contribution in [1.82, 2.24) is 10.7 Å². The molecule has 2 N–H and O–H groups in total. The van der Waals surface area contributed by atoms with E-state index in [2.05, 4.69) is 20.7 Å². The molecular weight excluding hydrogens is 320 g/mol. The number of nitrogens with zero attached hydrogens (tertiary/aromatic N) is 2. The fourth-order valence-corrected chi connectivity index (χ4v) is 2.11. The van der Waals surface area contributed by atoms with Gasteiger partial charge in [-0.05, 0) is 47.6 Å². The van der Waals surface area contributed by atoms with Crippen LogP contribution in [0.25, 0.3) is 0 Å². The van der Waals surface area contributed by atoms with Gasteiger partial charge in [0.15, 0.2) is 5.11 Å². The summed E-state index contributed by atoms with van der Waals surface area (Å²) in [5, 5.41) is 7.73. The fourth-order valence-electron chi connectivity index (χ4n) is 1.99. The molecule has 0 amide bonds. The molecule has 0 saturated heterocycles. The molecule has 0 radical (unpaired) electrons. The lowest BCUT2D eigenvalue weighted by molar-refractivity contribution is 0.414. The highest BCUT2D eigenvalue weighted by Crippen LogP contribution is 2.11. The summed E-state index contributed by atoms with van der Waals surface area (Å²) in [7, 11) is 5.67. The van der Waals surface area contributed by atoms with Gasteiger partial charge in [-0.2, -0.15) is 5.10 Å². The Hall–Kier alpha value is -2.60. The largest absolute Gasteiger partial charge is 0.497 e. The monoisotopic (exact) mass is 342 g/mol. The summed E-state index contributed by atoms with van der Waals surface area (Å²) in [5.41, 5.74) is 6.09. The molecule has 0 spiro atoms. The number of ether oxygens (including phenoxy) is 1. The summed E-state index contributed by atoms with van der Waals surface area (Å²) < 4.78 is 5.13. The molecule has 0 aliphatic heterocycles. The minimum Gasteiger partial charge on any atom is -0.497 e. The molecule has 2 aromatic carbocycles. The maximum atomic E-state index is 5.20. The highest BCUT2D eigenvalue weighted by atomic mass is 32.1. The second kappa shape index (κ2) is 8.88. The molecule has 126 valence electrons. The van der Waals surface area contributed by atoms with Crippen LogP contribution in [-0.2, 0) is 6.54 Å². The molecule has 0 aliphatic rings. The van der Waals surface area contributed by atoms with Crippen LogP contribution in [0.5, 0.6) is 5.75 Å². The molecule has 0 unspecified atom stereocenters. The van der Waals surface area contributed by atoms with Gasteiger partial charge in [-0.25, -0.2) is 0 Å². The number of anilines is 1. The predicted octanol–water partition coefficient (Wildman–Crippen LogP) is 2.76. The number of methoxy groups -OCH3 is 1. The van der Waals surface area contributed by atoms with Crippen molar-refractivity contribution in [3.05, 3.63) is 59.7 Å². The second-order valence-electron chi connectivity index (χ2n) is 5.39. The number of nitrogens with one attached hydrogen (secondary N) is 2. The van der Waals surface area contributed by atoms with Crippen LogP contribution < -0.4 is 20.4 Å². The van der Waals surface area contributed by atoms with E-state index in [1.54, 1.807) is 13.3 Å². The van der Waals surface area contributed by atoms with Crippen LogP contribution in [0.15, 0.2) is 53.6 Å². The van der Waals surface area contributed by atoms with Crippen molar-refractivity contribution in [2.75, 3.05) is 26.1 Å². The van der Waals surface area contributed by atoms with Gasteiger partial charge in [-0.15, -0.1) is 0 Å². The Morgan fingerprint density at radius 1 is 1.12 bits per heavy atom. The van der Waals surface area contributed by atoms with Crippen LogP contribution in [0.1, 0.15) is 11.1 Å². The first-order valence-corrected chi connectivity index (χ1v) is 7.96. The van der Waals surface area contributed by atoms with E-state index in [0.29, 0.717) is 11.7 Å². The Morgan fingerprint density at radius 3 is 2.38 bits per heavy atom. The van der Waals surface area contributed by atoms with E-state index in [4.69, 9.17) is 17.0 Å². The molecule has 0 aliphatic carbocycles. The van der Waals surface area contributed by atoms with Gasteiger partial charge in [0.25, 0.3) is 0 Å². The molecule has 0 fully saturated rings. The Balaban J connectivity index is 1.77. The van der Waals surface area contributed by atoms with Gasteiger partial charge in [0.1, 0.15) is 5.75 Å². The van der Waals surface area contributed by atoms with Crippen molar-refractivity contribution in [3.8, 4) is 5.75 Å². The van der Waals surface area contributed by atoms with E-state index < -0.39 is 0 Å². The van der Waals surface area contributed by atoms with Gasteiger partial charge in [0.2, 0.25) is 0 Å². The summed E-state index contributed by atoms with van der Waals surface area (Å²) in [6.45, 7) is 0.628. The van der Waals surface area contributed by atoms with E-state index in [-0.39, 0.29) is 0 Å². The standard InChI is InChI=1S/C18H22N4OS/c1-22(2)16-8-4-15(5-9-16)13-20-21-18(24)19-12-14-6-10-17(23-3)11-7-14/h4-11,13H,12H2,1-3H3,(H2,19,21,24)/b20-13-. The summed E-state index contributed by atoms with van der Waals surface area (Å²) in [5.74, 6) is 0.837. The van der Waals surface area contributed by atoms with Crippen molar-refractivity contribution in [2.24, 2.45) is 5.10 Å². The molecule has 0 atom stereocenters. The van der Waals surface area contributed by atoms with Crippen LogP contribution >= 0.6 is 12.2 Å². The smallest absolute Gasteiger partial charge is 0.187 e. The van der Waals surface area contributed by atoms with Crippen LogP contribution in [0.2, 0.25) is 0 Å². The van der Waals surface area contributed by atoms with Crippen LogP contribution in [0.4, 0.5) is 5.69 Å². The lowest BCUT2D eigenvalue weighted by atomic mass is 10.2.